The van der Waals surface area contributed by atoms with Crippen molar-refractivity contribution in [3.63, 3.8) is 0 Å². The molecule has 2 aliphatic carbocycles. The van der Waals surface area contributed by atoms with Crippen LogP contribution in [0.15, 0.2) is 23.3 Å². The van der Waals surface area contributed by atoms with Gasteiger partial charge in [-0.15, -0.1) is 0 Å². The van der Waals surface area contributed by atoms with Gasteiger partial charge in [0.1, 0.15) is 5.78 Å². The van der Waals surface area contributed by atoms with Gasteiger partial charge in [0.25, 0.3) is 0 Å². The molecule has 0 amide bonds. The van der Waals surface area contributed by atoms with E-state index in [4.69, 9.17) is 11.4 Å². The van der Waals surface area contributed by atoms with Gasteiger partial charge >= 0.3 is 25.4 Å². The van der Waals surface area contributed by atoms with E-state index in [1.807, 2.05) is 6.92 Å². The van der Waals surface area contributed by atoms with Gasteiger partial charge in [-0.05, 0) is 62.7 Å². The van der Waals surface area contributed by atoms with E-state index in [-0.39, 0.29) is 12.0 Å². The van der Waals surface area contributed by atoms with Crippen LogP contribution in [-0.2, 0) is 30.2 Å². The van der Waals surface area contributed by atoms with Crippen molar-refractivity contribution in [2.45, 2.75) is 87.2 Å². The minimum absolute atomic E-state index is 0.116. The summed E-state index contributed by atoms with van der Waals surface area (Å²) in [7, 11) is 0. The van der Waals surface area contributed by atoms with Crippen LogP contribution in [0.3, 0.4) is 0 Å². The van der Waals surface area contributed by atoms with Gasteiger partial charge in [-0.1, -0.05) is 64.8 Å². The molecule has 7 atom stereocenters. The first-order valence-corrected chi connectivity index (χ1v) is 12.7. The van der Waals surface area contributed by atoms with Crippen LogP contribution in [-0.4, -0.2) is 17.0 Å². The summed E-state index contributed by atoms with van der Waals surface area (Å²) >= 11 is -3.79. The molecule has 0 aromatic rings. The normalized spacial score (nSPS) is 31.6. The van der Waals surface area contributed by atoms with Crippen molar-refractivity contribution < 1.29 is 35.3 Å². The van der Waals surface area contributed by atoms with Crippen LogP contribution in [0.5, 0.6) is 0 Å². The molecule has 7 unspecified atom stereocenters. The molecule has 5 nitrogen and oxygen atoms in total. The molecule has 6 heteroatoms. The molecule has 0 radical (unpaired) electrons. The van der Waals surface area contributed by atoms with E-state index in [0.717, 1.165) is 19.3 Å². The van der Waals surface area contributed by atoms with E-state index in [1.165, 1.54) is 11.1 Å². The Morgan fingerprint density at radius 3 is 1.77 bits per heavy atom. The first-order chi connectivity index (χ1) is 13.8. The first-order valence-electron chi connectivity index (χ1n) is 11.2. The Morgan fingerprint density at radius 1 is 0.967 bits per heavy atom. The SMILES string of the molecule is CCC(=O)C1C(C)C=C(C)CC1C.CCC(O)C1C(C)C=C(C)CC1C.[O]=[Cr](=[O])=[O]. The van der Waals surface area contributed by atoms with Gasteiger partial charge in [-0.2, -0.15) is 0 Å². The van der Waals surface area contributed by atoms with Crippen molar-refractivity contribution in [3.8, 4) is 0 Å². The van der Waals surface area contributed by atoms with Crippen molar-refractivity contribution >= 4 is 5.78 Å². The fraction of sp³-hybridized carbons (Fsp3) is 0.792. The predicted molar refractivity (Wildman–Crippen MR) is 114 cm³/mol. The minimum atomic E-state index is -3.79. The molecule has 174 valence electrons. The topological polar surface area (TPSA) is 88.5 Å². The summed E-state index contributed by atoms with van der Waals surface area (Å²) in [5.74, 6) is 3.32. The zero-order valence-electron chi connectivity index (χ0n) is 20.0. The van der Waals surface area contributed by atoms with Gasteiger partial charge in [0.05, 0.1) is 6.10 Å². The van der Waals surface area contributed by atoms with Crippen LogP contribution in [0.2, 0.25) is 0 Å². The summed E-state index contributed by atoms with van der Waals surface area (Å²) in [5, 5.41) is 9.88. The Balaban J connectivity index is 0.000000477. The second-order valence-corrected chi connectivity index (χ2v) is 9.85. The van der Waals surface area contributed by atoms with Crippen molar-refractivity contribution in [2.75, 3.05) is 0 Å². The molecule has 30 heavy (non-hydrogen) atoms. The number of carbonyl (C=O) groups is 1. The van der Waals surface area contributed by atoms with Crippen molar-refractivity contribution in [1.82, 2.24) is 0 Å². The standard InChI is InChI=1S/C12H22O.C12H20O.Cr.3O/c2*1-5-11(13)12-9(3)6-8(2)7-10(12)4;;;;/h6,9-13H,5,7H2,1-4H3;6,9-10,12H,5,7H2,1-4H3;;;;. The Labute approximate surface area is 187 Å². The van der Waals surface area contributed by atoms with E-state index in [1.54, 1.807) is 0 Å². The van der Waals surface area contributed by atoms with E-state index in [9.17, 15) is 9.90 Å². The Morgan fingerprint density at radius 2 is 1.40 bits per heavy atom. The Kier molecular flexibility index (Phi) is 13.7. The number of aliphatic hydroxyl groups is 1. The number of carbonyl (C=O) groups excluding carboxylic acids is 1. The van der Waals surface area contributed by atoms with Crippen molar-refractivity contribution in [1.29, 1.82) is 0 Å². The summed E-state index contributed by atoms with van der Waals surface area (Å²) in [5.41, 5.74) is 2.93. The molecular weight excluding hydrogens is 420 g/mol. The van der Waals surface area contributed by atoms with Crippen molar-refractivity contribution in [2.24, 2.45) is 35.5 Å². The van der Waals surface area contributed by atoms with Gasteiger partial charge in [0, 0.05) is 12.3 Å². The van der Waals surface area contributed by atoms with Crippen molar-refractivity contribution in [3.05, 3.63) is 23.3 Å². The van der Waals surface area contributed by atoms with E-state index < -0.39 is 14.0 Å². The molecule has 0 spiro atoms. The second kappa shape index (κ2) is 14.2. The molecule has 0 fully saturated rings. The third-order valence-corrected chi connectivity index (χ3v) is 6.41. The third kappa shape index (κ3) is 9.90. The van der Waals surface area contributed by atoms with Gasteiger partial charge < -0.3 is 5.11 Å². The fourth-order valence-corrected chi connectivity index (χ4v) is 5.41. The molecule has 0 aliphatic heterocycles. The third-order valence-electron chi connectivity index (χ3n) is 6.41. The van der Waals surface area contributed by atoms with Gasteiger partial charge in [-0.3, -0.25) is 4.79 Å². The predicted octanol–water partition coefficient (Wildman–Crippen LogP) is 5.84. The van der Waals surface area contributed by atoms with Crippen LogP contribution in [0.4, 0.5) is 0 Å². The van der Waals surface area contributed by atoms with Crippen LogP contribution in [0.25, 0.3) is 0 Å². The molecule has 0 heterocycles. The number of aliphatic hydroxyl groups excluding tert-OH is 1. The van der Waals surface area contributed by atoms with Crippen LogP contribution in [0.1, 0.15) is 81.1 Å². The second-order valence-electron chi connectivity index (χ2n) is 9.21. The number of ketones is 1. The summed E-state index contributed by atoms with van der Waals surface area (Å²) in [6.45, 7) is 17.2. The molecule has 0 saturated carbocycles. The average Bonchev–Trinajstić information content (AvgIpc) is 2.59. The molecule has 2 rings (SSSR count). The zero-order valence-corrected chi connectivity index (χ0v) is 21.3. The molecule has 1 N–H and O–H groups in total. The van der Waals surface area contributed by atoms with Gasteiger partial charge in [0.2, 0.25) is 0 Å². The fourth-order valence-electron chi connectivity index (χ4n) is 5.41. The Hall–Kier alpha value is -0.958. The number of rotatable bonds is 4. The van der Waals surface area contributed by atoms with Gasteiger partial charge in [0.15, 0.2) is 0 Å². The summed E-state index contributed by atoms with van der Waals surface area (Å²) in [4.78, 5) is 11.7. The molecule has 0 saturated heterocycles. The quantitative estimate of drug-likeness (QED) is 0.530. The summed E-state index contributed by atoms with van der Waals surface area (Å²) in [6.07, 6.45) is 8.29. The number of Topliss-reactive ketones (excluding diaryl/α,β-unsaturated/α-hetero) is 1. The maximum absolute atomic E-state index is 11.7. The van der Waals surface area contributed by atoms with E-state index in [2.05, 4.69) is 60.6 Å². The number of hydrogen-bond acceptors (Lipinski definition) is 5. The first kappa shape index (κ1) is 29.0. The number of allylic oxidation sites excluding steroid dienone is 4. The maximum atomic E-state index is 11.7. The molecule has 0 aromatic carbocycles. The molecular formula is C24H42CrO5. The number of hydrogen-bond donors (Lipinski definition) is 1. The molecule has 2 aliphatic rings. The van der Waals surface area contributed by atoms with E-state index in [0.29, 0.717) is 41.8 Å². The monoisotopic (exact) mass is 462 g/mol. The van der Waals surface area contributed by atoms with Crippen LogP contribution >= 0.6 is 0 Å². The van der Waals surface area contributed by atoms with Crippen LogP contribution < -0.4 is 0 Å². The summed E-state index contributed by atoms with van der Waals surface area (Å²) in [6, 6.07) is 0. The molecule has 0 bridgehead atoms. The van der Waals surface area contributed by atoms with E-state index >= 15 is 0 Å². The average molecular weight is 463 g/mol. The van der Waals surface area contributed by atoms with Crippen LogP contribution in [0, 0.1) is 35.5 Å². The molecule has 0 aromatic heterocycles. The Bertz CT molecular complexity index is 700. The zero-order chi connectivity index (χ0) is 23.6. The summed E-state index contributed by atoms with van der Waals surface area (Å²) < 4.78 is 25.6. The van der Waals surface area contributed by atoms with Gasteiger partial charge in [-0.25, -0.2) is 0 Å².